The van der Waals surface area contributed by atoms with E-state index in [1.807, 2.05) is 31.6 Å². The fourth-order valence-corrected chi connectivity index (χ4v) is 2.80. The minimum atomic E-state index is -0.142. The molecule has 3 rings (SSSR count). The number of benzene rings is 1. The van der Waals surface area contributed by atoms with Gasteiger partial charge in [-0.25, -0.2) is 0 Å². The van der Waals surface area contributed by atoms with Crippen molar-refractivity contribution >= 4 is 5.78 Å². The number of Topliss-reactive ketones (excluding diaryl/α,β-unsaturated/α-hetero) is 1. The Labute approximate surface area is 118 Å². The molecule has 1 aliphatic rings. The number of fused-ring (bicyclic) bond motifs is 1. The zero-order chi connectivity index (χ0) is 13.9. The highest BCUT2D eigenvalue weighted by molar-refractivity contribution is 5.86. The van der Waals surface area contributed by atoms with E-state index >= 15 is 0 Å². The van der Waals surface area contributed by atoms with Gasteiger partial charge in [0.05, 0.1) is 12.2 Å². The third kappa shape index (κ3) is 2.65. The van der Waals surface area contributed by atoms with Gasteiger partial charge in [-0.05, 0) is 29.5 Å². The lowest BCUT2D eigenvalue weighted by Gasteiger charge is -2.25. The lowest BCUT2D eigenvalue weighted by molar-refractivity contribution is -0.121. The van der Waals surface area contributed by atoms with E-state index in [9.17, 15) is 4.79 Å². The second-order valence-electron chi connectivity index (χ2n) is 5.32. The van der Waals surface area contributed by atoms with Gasteiger partial charge >= 0.3 is 0 Å². The largest absolute Gasteiger partial charge is 0.303 e. The summed E-state index contributed by atoms with van der Waals surface area (Å²) in [5.74, 6) is 0.265. The van der Waals surface area contributed by atoms with E-state index in [0.717, 1.165) is 30.5 Å². The molecule has 1 aromatic carbocycles. The molecule has 0 saturated heterocycles. The summed E-state index contributed by atoms with van der Waals surface area (Å²) in [6, 6.07) is 8.09. The molecule has 0 radical (unpaired) electrons. The van der Waals surface area contributed by atoms with E-state index in [1.165, 1.54) is 5.56 Å². The number of nitrogens with zero attached hydrogens (tertiary/aromatic N) is 2. The Morgan fingerprint density at radius 2 is 2.30 bits per heavy atom. The van der Waals surface area contributed by atoms with Crippen molar-refractivity contribution in [2.45, 2.75) is 25.3 Å². The molecule has 20 heavy (non-hydrogen) atoms. The van der Waals surface area contributed by atoms with Crippen LogP contribution < -0.4 is 5.32 Å². The highest BCUT2D eigenvalue weighted by Crippen LogP contribution is 2.24. The normalized spacial score (nSPS) is 17.8. The van der Waals surface area contributed by atoms with Crippen LogP contribution in [-0.4, -0.2) is 22.1 Å². The number of ketones is 1. The van der Waals surface area contributed by atoms with Crippen molar-refractivity contribution in [3.63, 3.8) is 0 Å². The van der Waals surface area contributed by atoms with Crippen molar-refractivity contribution in [1.29, 1.82) is 0 Å². The van der Waals surface area contributed by atoms with Crippen LogP contribution in [0.5, 0.6) is 0 Å². The van der Waals surface area contributed by atoms with Crippen LogP contribution in [0, 0.1) is 0 Å². The zero-order valence-electron chi connectivity index (χ0n) is 11.7. The summed E-state index contributed by atoms with van der Waals surface area (Å²) in [4.78, 5) is 12.5. The topological polar surface area (TPSA) is 46.9 Å². The molecule has 1 N–H and O–H groups in total. The number of carbonyl (C=O) groups is 1. The predicted molar refractivity (Wildman–Crippen MR) is 77.4 cm³/mol. The molecule has 1 unspecified atom stereocenters. The summed E-state index contributed by atoms with van der Waals surface area (Å²) in [6.45, 7) is 0.875. The van der Waals surface area contributed by atoms with Crippen LogP contribution in [0.15, 0.2) is 36.7 Å². The highest BCUT2D eigenvalue weighted by atomic mass is 16.1. The standard InChI is InChI=1S/C16H19N3O/c1-19-11-12(10-18-19)6-7-15(20)16-14-5-3-2-4-13(14)8-9-17-16/h2-5,10-11,16-17H,6-9H2,1H3. The van der Waals surface area contributed by atoms with E-state index in [0.29, 0.717) is 6.42 Å². The first-order valence-electron chi connectivity index (χ1n) is 7.05. The van der Waals surface area contributed by atoms with Crippen LogP contribution >= 0.6 is 0 Å². The van der Waals surface area contributed by atoms with Crippen LogP contribution in [0.4, 0.5) is 0 Å². The van der Waals surface area contributed by atoms with Crippen molar-refractivity contribution in [3.05, 3.63) is 53.3 Å². The number of carbonyl (C=O) groups excluding carboxylic acids is 1. The Kier molecular flexibility index (Phi) is 3.65. The first-order chi connectivity index (χ1) is 9.74. The predicted octanol–water partition coefficient (Wildman–Crippen LogP) is 1.81. The second kappa shape index (κ2) is 5.59. The van der Waals surface area contributed by atoms with Gasteiger partial charge in [0.25, 0.3) is 0 Å². The quantitative estimate of drug-likeness (QED) is 0.921. The maximum atomic E-state index is 12.5. The van der Waals surface area contributed by atoms with Gasteiger partial charge in [0, 0.05) is 26.2 Å². The van der Waals surface area contributed by atoms with Crippen molar-refractivity contribution < 1.29 is 4.79 Å². The molecule has 1 atom stereocenters. The minimum Gasteiger partial charge on any atom is -0.303 e. The Morgan fingerprint density at radius 3 is 3.10 bits per heavy atom. The molecule has 4 nitrogen and oxygen atoms in total. The molecule has 0 bridgehead atoms. The third-order valence-electron chi connectivity index (χ3n) is 3.85. The third-order valence-corrected chi connectivity index (χ3v) is 3.85. The lowest BCUT2D eigenvalue weighted by Crippen LogP contribution is -2.35. The number of rotatable bonds is 4. The van der Waals surface area contributed by atoms with E-state index in [4.69, 9.17) is 0 Å². The second-order valence-corrected chi connectivity index (χ2v) is 5.32. The summed E-state index contributed by atoms with van der Waals surface area (Å²) in [5, 5.41) is 7.48. The summed E-state index contributed by atoms with van der Waals surface area (Å²) in [6.07, 6.45) is 6.11. The van der Waals surface area contributed by atoms with E-state index < -0.39 is 0 Å². The van der Waals surface area contributed by atoms with Gasteiger partial charge in [0.2, 0.25) is 0 Å². The van der Waals surface area contributed by atoms with Crippen molar-refractivity contribution in [2.24, 2.45) is 7.05 Å². The van der Waals surface area contributed by atoms with Gasteiger partial charge < -0.3 is 5.32 Å². The average Bonchev–Trinajstić information content (AvgIpc) is 2.90. The number of aromatic nitrogens is 2. The van der Waals surface area contributed by atoms with Crippen LogP contribution in [0.25, 0.3) is 0 Å². The van der Waals surface area contributed by atoms with Gasteiger partial charge in [-0.1, -0.05) is 24.3 Å². The maximum absolute atomic E-state index is 12.5. The monoisotopic (exact) mass is 269 g/mol. The molecule has 2 aromatic rings. The smallest absolute Gasteiger partial charge is 0.154 e. The Hall–Kier alpha value is -1.94. The maximum Gasteiger partial charge on any atom is 0.154 e. The van der Waals surface area contributed by atoms with Gasteiger partial charge in [0.15, 0.2) is 5.78 Å². The molecular formula is C16H19N3O. The van der Waals surface area contributed by atoms with Crippen LogP contribution in [-0.2, 0) is 24.7 Å². The van der Waals surface area contributed by atoms with Crippen LogP contribution in [0.3, 0.4) is 0 Å². The zero-order valence-corrected chi connectivity index (χ0v) is 11.7. The fourth-order valence-electron chi connectivity index (χ4n) is 2.80. The van der Waals surface area contributed by atoms with Gasteiger partial charge in [0.1, 0.15) is 0 Å². The molecule has 0 saturated carbocycles. The van der Waals surface area contributed by atoms with Gasteiger partial charge in [-0.15, -0.1) is 0 Å². The van der Waals surface area contributed by atoms with E-state index in [2.05, 4.69) is 22.5 Å². The summed E-state index contributed by atoms with van der Waals surface area (Å²) >= 11 is 0. The summed E-state index contributed by atoms with van der Waals surface area (Å²) < 4.78 is 1.77. The molecule has 4 heteroatoms. The Balaban J connectivity index is 1.69. The molecular weight excluding hydrogens is 250 g/mol. The number of hydrogen-bond donors (Lipinski definition) is 1. The summed E-state index contributed by atoms with van der Waals surface area (Å²) in [5.41, 5.74) is 3.56. The molecule has 0 amide bonds. The molecule has 1 aliphatic heterocycles. The average molecular weight is 269 g/mol. The van der Waals surface area contributed by atoms with Gasteiger partial charge in [-0.2, -0.15) is 5.10 Å². The van der Waals surface area contributed by atoms with Crippen molar-refractivity contribution in [3.8, 4) is 0 Å². The fraction of sp³-hybridized carbons (Fsp3) is 0.375. The minimum absolute atomic E-state index is 0.142. The Bertz CT molecular complexity index is 618. The number of aryl methyl sites for hydroxylation is 2. The number of hydrogen-bond acceptors (Lipinski definition) is 3. The molecule has 104 valence electrons. The summed E-state index contributed by atoms with van der Waals surface area (Å²) in [7, 11) is 1.89. The lowest BCUT2D eigenvalue weighted by atomic mass is 9.90. The van der Waals surface area contributed by atoms with Crippen molar-refractivity contribution in [2.75, 3.05) is 6.54 Å². The molecule has 0 aliphatic carbocycles. The first-order valence-corrected chi connectivity index (χ1v) is 7.05. The van der Waals surface area contributed by atoms with E-state index in [-0.39, 0.29) is 11.8 Å². The molecule has 2 heterocycles. The first kappa shape index (κ1) is 13.1. The SMILES string of the molecule is Cn1cc(CCC(=O)C2NCCc3ccccc32)cn1. The van der Waals surface area contributed by atoms with Crippen LogP contribution in [0.1, 0.15) is 29.2 Å². The van der Waals surface area contributed by atoms with Crippen LogP contribution in [0.2, 0.25) is 0 Å². The van der Waals surface area contributed by atoms with E-state index in [1.54, 1.807) is 4.68 Å². The number of nitrogens with one attached hydrogen (secondary N) is 1. The highest BCUT2D eigenvalue weighted by Gasteiger charge is 2.25. The van der Waals surface area contributed by atoms with Gasteiger partial charge in [-0.3, -0.25) is 9.48 Å². The van der Waals surface area contributed by atoms with Crippen molar-refractivity contribution in [1.82, 2.24) is 15.1 Å². The molecule has 0 fully saturated rings. The Morgan fingerprint density at radius 1 is 1.45 bits per heavy atom. The molecule has 1 aromatic heterocycles. The molecule has 0 spiro atoms.